The lowest BCUT2D eigenvalue weighted by Crippen LogP contribution is -2.47. The Hall–Kier alpha value is -2.63. The Morgan fingerprint density at radius 3 is 2.39 bits per heavy atom. The minimum Gasteiger partial charge on any atom is -0.303 e. The van der Waals surface area contributed by atoms with E-state index in [1.54, 1.807) is 12.1 Å². The molecule has 0 unspecified atom stereocenters. The van der Waals surface area contributed by atoms with Gasteiger partial charge < -0.3 is 4.90 Å². The summed E-state index contributed by atoms with van der Waals surface area (Å²) in [4.78, 5) is 2.29. The second-order valence-electron chi connectivity index (χ2n) is 10.5. The van der Waals surface area contributed by atoms with Crippen LogP contribution in [0.5, 0.6) is 0 Å². The van der Waals surface area contributed by atoms with Gasteiger partial charge in [-0.2, -0.15) is 13.2 Å². The van der Waals surface area contributed by atoms with Gasteiger partial charge >= 0.3 is 6.18 Å². The number of hydrogen-bond donors (Lipinski definition) is 0. The molecule has 1 nitrogen and oxygen atoms in total. The minimum absolute atomic E-state index is 0.218. The van der Waals surface area contributed by atoms with Gasteiger partial charge in [0.2, 0.25) is 0 Å². The Morgan fingerprint density at radius 1 is 0.895 bits per heavy atom. The van der Waals surface area contributed by atoms with Crippen molar-refractivity contribution in [3.63, 3.8) is 0 Å². The lowest BCUT2D eigenvalue weighted by molar-refractivity contribution is -0.127. The number of hydrogen-bond acceptors (Lipinski definition) is 1. The van der Waals surface area contributed by atoms with Crippen LogP contribution >= 0.6 is 11.6 Å². The monoisotopic (exact) mass is 541 g/mol. The van der Waals surface area contributed by atoms with Gasteiger partial charge in [0.15, 0.2) is 0 Å². The number of alkyl halides is 4. The van der Waals surface area contributed by atoms with Gasteiger partial charge in [0.05, 0.1) is 13.1 Å². The first-order chi connectivity index (χ1) is 18.3. The summed E-state index contributed by atoms with van der Waals surface area (Å²) in [7, 11) is 0. The zero-order chi connectivity index (χ0) is 26.7. The Bertz CT molecular complexity index is 1290. The summed E-state index contributed by atoms with van der Waals surface area (Å²) in [5, 5.41) is 0.313. The number of likely N-dealkylation sites (tertiary alicyclic amines) is 1. The minimum atomic E-state index is -4.33. The zero-order valence-electron chi connectivity index (χ0n) is 21.3. The van der Waals surface area contributed by atoms with E-state index in [1.807, 2.05) is 12.1 Å². The van der Waals surface area contributed by atoms with Crippen LogP contribution in [-0.2, 0) is 19.3 Å². The summed E-state index contributed by atoms with van der Waals surface area (Å²) < 4.78 is 53.1. The maximum Gasteiger partial charge on any atom is 0.393 e. The molecule has 2 aliphatic rings. The van der Waals surface area contributed by atoms with Crippen molar-refractivity contribution in [1.82, 2.24) is 4.90 Å². The molecular formula is C32H32ClF4N. The molecule has 1 aliphatic carbocycles. The summed E-state index contributed by atoms with van der Waals surface area (Å²) >= 11 is 6.16. The van der Waals surface area contributed by atoms with Crippen molar-refractivity contribution in [2.75, 3.05) is 26.3 Å². The van der Waals surface area contributed by atoms with Crippen LogP contribution in [0.2, 0.25) is 5.02 Å². The summed E-state index contributed by atoms with van der Waals surface area (Å²) in [6.07, 6.45) is -1.33. The molecule has 5 rings (SSSR count). The highest BCUT2D eigenvalue weighted by Crippen LogP contribution is 2.42. The largest absolute Gasteiger partial charge is 0.393 e. The second kappa shape index (κ2) is 11.6. The smallest absolute Gasteiger partial charge is 0.303 e. The maximum absolute atomic E-state index is 13.5. The molecule has 1 aliphatic heterocycles. The maximum atomic E-state index is 13.5. The fraction of sp³-hybridized carbons (Fsp3) is 0.375. The Balaban J connectivity index is 1.51. The van der Waals surface area contributed by atoms with Crippen LogP contribution in [0.3, 0.4) is 0 Å². The second-order valence-corrected chi connectivity index (χ2v) is 11.0. The number of rotatable bonds is 8. The van der Waals surface area contributed by atoms with Crippen molar-refractivity contribution in [1.29, 1.82) is 0 Å². The van der Waals surface area contributed by atoms with Crippen molar-refractivity contribution in [2.24, 2.45) is 5.92 Å². The van der Waals surface area contributed by atoms with Gasteiger partial charge in [0.25, 0.3) is 0 Å². The van der Waals surface area contributed by atoms with Crippen molar-refractivity contribution in [3.8, 4) is 0 Å². The van der Waals surface area contributed by atoms with Gasteiger partial charge in [-0.3, -0.25) is 4.39 Å². The van der Waals surface area contributed by atoms with E-state index >= 15 is 0 Å². The lowest BCUT2D eigenvalue weighted by atomic mass is 9.85. The Morgan fingerprint density at radius 2 is 1.66 bits per heavy atom. The SMILES string of the molecule is FCCCN1CC(Cc2ccc(C3=C(c4ccc(Cl)cc4CC(F)(F)F)CCCc4ccccc43)cc2)C1. The third-order valence-corrected chi connectivity index (χ3v) is 7.89. The van der Waals surface area contributed by atoms with Gasteiger partial charge in [-0.05, 0) is 94.7 Å². The topological polar surface area (TPSA) is 3.24 Å². The van der Waals surface area contributed by atoms with Gasteiger partial charge in [0, 0.05) is 24.7 Å². The van der Waals surface area contributed by atoms with Crippen LogP contribution < -0.4 is 0 Å². The normalized spacial score (nSPS) is 16.8. The molecule has 0 saturated carbocycles. The van der Waals surface area contributed by atoms with Crippen LogP contribution in [0, 0.1) is 5.92 Å². The summed E-state index contributed by atoms with van der Waals surface area (Å²) in [6, 6.07) is 21.7. The number of aryl methyl sites for hydroxylation is 1. The van der Waals surface area contributed by atoms with E-state index in [-0.39, 0.29) is 12.2 Å². The number of allylic oxidation sites excluding steroid dienone is 1. The lowest BCUT2D eigenvalue weighted by Gasteiger charge is -2.39. The highest BCUT2D eigenvalue weighted by molar-refractivity contribution is 6.30. The van der Waals surface area contributed by atoms with Crippen LogP contribution in [0.25, 0.3) is 11.1 Å². The first-order valence-corrected chi connectivity index (χ1v) is 13.7. The van der Waals surface area contributed by atoms with Crippen LogP contribution in [0.15, 0.2) is 66.7 Å². The van der Waals surface area contributed by atoms with Gasteiger partial charge in [-0.15, -0.1) is 0 Å². The molecule has 38 heavy (non-hydrogen) atoms. The number of benzene rings is 3. The van der Waals surface area contributed by atoms with Crippen molar-refractivity contribution in [3.05, 3.63) is 105 Å². The predicted octanol–water partition coefficient (Wildman–Crippen LogP) is 8.57. The molecule has 3 aromatic carbocycles. The molecule has 1 saturated heterocycles. The molecule has 3 aromatic rings. The molecule has 6 heteroatoms. The fourth-order valence-electron chi connectivity index (χ4n) is 5.96. The van der Waals surface area contributed by atoms with E-state index in [0.29, 0.717) is 29.3 Å². The highest BCUT2D eigenvalue weighted by atomic mass is 35.5. The molecule has 0 bridgehead atoms. The zero-order valence-corrected chi connectivity index (χ0v) is 22.1. The van der Waals surface area contributed by atoms with E-state index in [9.17, 15) is 17.6 Å². The number of halogens is 5. The molecule has 0 N–H and O–H groups in total. The summed E-state index contributed by atoms with van der Waals surface area (Å²) in [5.41, 5.74) is 7.37. The van der Waals surface area contributed by atoms with Crippen LogP contribution in [-0.4, -0.2) is 37.4 Å². The van der Waals surface area contributed by atoms with Crippen LogP contribution in [0.1, 0.15) is 52.6 Å². The van der Waals surface area contributed by atoms with E-state index < -0.39 is 12.6 Å². The molecule has 0 spiro atoms. The Labute approximate surface area is 227 Å². The van der Waals surface area contributed by atoms with E-state index in [1.165, 1.54) is 17.2 Å². The van der Waals surface area contributed by atoms with E-state index in [0.717, 1.165) is 61.2 Å². The van der Waals surface area contributed by atoms with Gasteiger partial charge in [-0.1, -0.05) is 66.2 Å². The Kier molecular flexibility index (Phi) is 8.25. The molecule has 0 radical (unpaired) electrons. The predicted molar refractivity (Wildman–Crippen MR) is 147 cm³/mol. The third-order valence-electron chi connectivity index (χ3n) is 7.65. The fourth-order valence-corrected chi connectivity index (χ4v) is 6.15. The summed E-state index contributed by atoms with van der Waals surface area (Å²) in [6.45, 7) is 2.56. The molecule has 1 heterocycles. The van der Waals surface area contributed by atoms with Crippen molar-refractivity contribution in [2.45, 2.75) is 44.7 Å². The number of nitrogens with zero attached hydrogens (tertiary/aromatic N) is 1. The molecular weight excluding hydrogens is 510 g/mol. The van der Waals surface area contributed by atoms with E-state index in [2.05, 4.69) is 41.3 Å². The quantitative estimate of drug-likeness (QED) is 0.258. The molecule has 0 aromatic heterocycles. The molecule has 1 fully saturated rings. The molecule has 200 valence electrons. The number of fused-ring (bicyclic) bond motifs is 1. The first-order valence-electron chi connectivity index (χ1n) is 13.4. The van der Waals surface area contributed by atoms with Crippen LogP contribution in [0.4, 0.5) is 17.6 Å². The molecule has 0 amide bonds. The molecule has 0 atom stereocenters. The first kappa shape index (κ1) is 27.0. The highest BCUT2D eigenvalue weighted by Gasteiger charge is 2.31. The van der Waals surface area contributed by atoms with Crippen molar-refractivity contribution >= 4 is 22.7 Å². The summed E-state index contributed by atoms with van der Waals surface area (Å²) in [5.74, 6) is 0.577. The van der Waals surface area contributed by atoms with Crippen molar-refractivity contribution < 1.29 is 17.6 Å². The third kappa shape index (κ3) is 6.32. The standard InChI is InChI=1S/C32H32ClF4N/c33-27-13-14-28(26(18-27)19-32(35,36)37)30-8-3-6-24-5-1-2-7-29(24)31(30)25-11-9-22(10-12-25)17-23-20-38(21-23)16-4-15-34/h1-2,5,7,9-14,18,23H,3-4,6,8,15-17,19-21H2. The van der Waals surface area contributed by atoms with E-state index in [4.69, 9.17) is 11.6 Å². The average Bonchev–Trinajstić information content (AvgIpc) is 3.04. The van der Waals surface area contributed by atoms with Gasteiger partial charge in [-0.25, -0.2) is 0 Å². The average molecular weight is 542 g/mol. The van der Waals surface area contributed by atoms with Gasteiger partial charge in [0.1, 0.15) is 0 Å².